The van der Waals surface area contributed by atoms with Crippen LogP contribution in [0.4, 0.5) is 0 Å². The summed E-state index contributed by atoms with van der Waals surface area (Å²) in [4.78, 5) is -0.355. The van der Waals surface area contributed by atoms with Crippen molar-refractivity contribution in [3.05, 3.63) is 166 Å². The fourth-order valence-corrected chi connectivity index (χ4v) is 8.33. The maximum Gasteiger partial charge on any atom is 0.228 e. The molecule has 0 spiro atoms. The van der Waals surface area contributed by atoms with Gasteiger partial charge in [0.2, 0.25) is 6.54 Å². The molecule has 0 radical (unpaired) electrons. The van der Waals surface area contributed by atoms with E-state index in [0.717, 1.165) is 46.1 Å². The predicted molar refractivity (Wildman–Crippen MR) is 270 cm³/mol. The molecule has 8 rings (SSSR count). The molecule has 0 N–H and O–H groups in total. The lowest BCUT2D eigenvalue weighted by Gasteiger charge is -2.23. The van der Waals surface area contributed by atoms with Crippen LogP contribution >= 0.6 is 0 Å². The minimum Gasteiger partial charge on any atom is -1.00 e. The Balaban J connectivity index is 0.000000444. The van der Waals surface area contributed by atoms with Gasteiger partial charge in [0.25, 0.3) is 0 Å². The van der Waals surface area contributed by atoms with Gasteiger partial charge in [0.1, 0.15) is 59.0 Å². The van der Waals surface area contributed by atoms with Gasteiger partial charge < -0.3 is 64.4 Å². The fourth-order valence-electron chi connectivity index (χ4n) is 7.39. The van der Waals surface area contributed by atoms with Crippen LogP contribution < -0.4 is 46.4 Å². The van der Waals surface area contributed by atoms with Crippen LogP contribution in [0.25, 0.3) is 0 Å². The van der Waals surface area contributed by atoms with Crippen molar-refractivity contribution in [1.29, 1.82) is 5.26 Å². The van der Waals surface area contributed by atoms with E-state index in [-0.39, 0.29) is 56.2 Å². The van der Waals surface area contributed by atoms with Gasteiger partial charge in [-0.15, -0.1) is 0 Å². The van der Waals surface area contributed by atoms with Crippen molar-refractivity contribution < 1.29 is 95.0 Å². The molecule has 0 aromatic heterocycles. The summed E-state index contributed by atoms with van der Waals surface area (Å²) in [6, 6.07) is 39.5. The number of quaternary nitrogens is 2. The summed E-state index contributed by atoms with van der Waals surface area (Å²) in [5.74, 6) is 0. The Morgan fingerprint density at radius 1 is 0.507 bits per heavy atom. The van der Waals surface area contributed by atoms with Crippen molar-refractivity contribution in [3.63, 3.8) is 0 Å². The number of rotatable bonds is 10. The van der Waals surface area contributed by atoms with E-state index in [1.807, 2.05) is 19.9 Å². The lowest BCUT2D eigenvalue weighted by molar-refractivity contribution is -0.878. The average molecular weight is 1160 g/mol. The van der Waals surface area contributed by atoms with Gasteiger partial charge in [0.15, 0.2) is 25.2 Å². The summed E-state index contributed by atoms with van der Waals surface area (Å²) in [6.45, 7) is 12.2. The Morgan fingerprint density at radius 3 is 1.17 bits per heavy atom. The van der Waals surface area contributed by atoms with E-state index >= 15 is 0 Å². The second-order valence-electron chi connectivity index (χ2n) is 19.4. The zero-order valence-corrected chi connectivity index (χ0v) is 47.9. The fraction of sp³-hybridized carbons (Fsp3) is 0.370. The molecule has 3 aliphatic rings. The Kier molecular flexibility index (Phi) is 27.8. The van der Waals surface area contributed by atoms with Crippen LogP contribution in [0.5, 0.6) is 0 Å². The highest BCUT2D eigenvalue weighted by atomic mass is 79.9. The summed E-state index contributed by atoms with van der Waals surface area (Å²) in [7, 11) is 4.98. The highest BCUT2D eigenvalue weighted by Gasteiger charge is 2.19. The van der Waals surface area contributed by atoms with Crippen LogP contribution in [0.3, 0.4) is 0 Å². The molecule has 17 heteroatoms. The van der Waals surface area contributed by atoms with Gasteiger partial charge >= 0.3 is 0 Å². The van der Waals surface area contributed by atoms with Crippen molar-refractivity contribution in [2.45, 2.75) is 49.3 Å². The maximum atomic E-state index is 10.4. The average Bonchev–Trinajstić information content (AvgIpc) is 3.28. The number of aryl methyl sites for hydroxylation is 2. The maximum absolute atomic E-state index is 10.4. The molecular weight excluding hydrogens is 1090 g/mol. The molecule has 3 aliphatic heterocycles. The molecule has 0 aliphatic carbocycles. The summed E-state index contributed by atoms with van der Waals surface area (Å²) in [5, 5.41) is 8.55. The second-order valence-corrected chi connectivity index (χ2v) is 22.1. The van der Waals surface area contributed by atoms with Crippen molar-refractivity contribution >= 4 is 38.9 Å². The molecule has 0 saturated heterocycles. The largest absolute Gasteiger partial charge is 1.00 e. The van der Waals surface area contributed by atoms with E-state index in [2.05, 4.69) is 147 Å². The number of hydrogen-bond acceptors (Lipinski definition) is 7. The zero-order valence-electron chi connectivity index (χ0n) is 42.3. The van der Waals surface area contributed by atoms with Crippen LogP contribution in [0.1, 0.15) is 50.9 Å². The van der Waals surface area contributed by atoms with Crippen LogP contribution in [-0.4, -0.2) is 162 Å². The Morgan fingerprint density at radius 2 is 0.831 bits per heavy atom. The molecule has 386 valence electrons. The molecule has 5 aromatic rings. The lowest BCUT2D eigenvalue weighted by Crippen LogP contribution is -3.00. The molecular formula is C54H71Br2ClN6O6S2. The first-order chi connectivity index (χ1) is 32.0. The van der Waals surface area contributed by atoms with E-state index in [4.69, 9.17) is 5.26 Å². The molecule has 12 nitrogen and oxygen atoms in total. The first kappa shape index (κ1) is 64.6. The highest BCUT2D eigenvalue weighted by Crippen LogP contribution is 2.14. The van der Waals surface area contributed by atoms with Crippen molar-refractivity contribution in [3.8, 4) is 6.07 Å². The smallest absolute Gasteiger partial charge is 0.228 e. The second kappa shape index (κ2) is 30.6. The van der Waals surface area contributed by atoms with Gasteiger partial charge in [-0.1, -0.05) is 90.0 Å². The van der Waals surface area contributed by atoms with E-state index in [1.165, 1.54) is 103 Å². The SMILES string of the molecule is C[N+](C)(C)CCC[N+]1=Cc2ccccc2CC1.C[N+](C)(C)CC[N+]1=Cc2ccccc2CC1.Cc1ccc(S(=O)(=O)[O-])cc1.Cc1ccc(S(=O)(=O)[O-])cc1.N#CC[N+]1=Cc2ccccc2CC1.[Br-].[Br-].[Cl-]. The minimum atomic E-state index is -4.27. The molecule has 5 aromatic carbocycles. The van der Waals surface area contributed by atoms with Gasteiger partial charge in [0, 0.05) is 36.0 Å². The van der Waals surface area contributed by atoms with E-state index in [0.29, 0.717) is 6.54 Å². The number of fused-ring (bicyclic) bond motifs is 3. The normalized spacial score (nSPS) is 13.3. The van der Waals surface area contributed by atoms with Gasteiger partial charge in [-0.2, -0.15) is 5.26 Å². The molecule has 0 atom stereocenters. The van der Waals surface area contributed by atoms with Gasteiger partial charge in [-0.25, -0.2) is 30.6 Å². The highest BCUT2D eigenvalue weighted by molar-refractivity contribution is 7.86. The monoisotopic (exact) mass is 1160 g/mol. The van der Waals surface area contributed by atoms with Crippen molar-refractivity contribution in [2.24, 2.45) is 0 Å². The Hall–Kier alpha value is -4.41. The molecule has 0 amide bonds. The number of hydrogen-bond donors (Lipinski definition) is 0. The Labute approximate surface area is 452 Å². The van der Waals surface area contributed by atoms with E-state index in [1.54, 1.807) is 24.3 Å². The molecule has 71 heavy (non-hydrogen) atoms. The minimum absolute atomic E-state index is 0. The number of nitriles is 1. The summed E-state index contributed by atoms with van der Waals surface area (Å²) in [6.07, 6.45) is 11.4. The van der Waals surface area contributed by atoms with E-state index < -0.39 is 20.2 Å². The van der Waals surface area contributed by atoms with Crippen LogP contribution in [-0.2, 0) is 39.5 Å². The molecule has 0 unspecified atom stereocenters. The number of likely N-dealkylation sites (N-methyl/N-ethyl adjacent to an activating group) is 1. The number of halogens is 3. The van der Waals surface area contributed by atoms with Crippen LogP contribution in [0.2, 0.25) is 0 Å². The molecule has 3 heterocycles. The predicted octanol–water partition coefficient (Wildman–Crippen LogP) is -2.84. The first-order valence-electron chi connectivity index (χ1n) is 23.0. The first-order valence-corrected chi connectivity index (χ1v) is 25.8. The summed E-state index contributed by atoms with van der Waals surface area (Å²) >= 11 is 0. The molecule has 0 fully saturated rings. The number of benzene rings is 5. The Bertz CT molecular complexity index is 2730. The molecule has 0 bridgehead atoms. The lowest BCUT2D eigenvalue weighted by atomic mass is 10.0. The quantitative estimate of drug-likeness (QED) is 0.0635. The topological polar surface area (TPSA) is 147 Å². The van der Waals surface area contributed by atoms with E-state index in [9.17, 15) is 25.9 Å². The van der Waals surface area contributed by atoms with Crippen LogP contribution in [0.15, 0.2) is 131 Å². The molecule has 0 saturated carbocycles. The standard InChI is InChI=1S/C15H24N2.C14H22N2.C11H11N2.2C7H8O3S.2BrH.ClH/c1-17(2,3)12-6-10-16-11-9-14-7-4-5-8-15(14)13-16;1-16(2,3)11-10-15-9-8-13-6-4-5-7-14(13)12-15;12-6-8-13-7-5-10-3-1-2-4-11(10)9-13;2*1-6-2-4-7(5-3-6)11(8,9)10;;;/h4-5,7-8,13H,6,9-12H2,1-3H3;4-7,12H,8-11H2,1-3H3;1-4,9H,5,7-8H2;2*2-5H,1H3,(H,8,9,10);3*1H/q2*+2;+1;;;;;/p-5. The summed E-state index contributed by atoms with van der Waals surface area (Å²) < 4.78 is 71.4. The van der Waals surface area contributed by atoms with Crippen molar-refractivity contribution in [2.75, 3.05) is 94.6 Å². The third-order valence-corrected chi connectivity index (χ3v) is 13.1. The van der Waals surface area contributed by atoms with Crippen molar-refractivity contribution in [1.82, 2.24) is 0 Å². The summed E-state index contributed by atoms with van der Waals surface area (Å²) in [5.41, 5.74) is 10.3. The third kappa shape index (κ3) is 24.7. The zero-order chi connectivity index (χ0) is 50.0. The van der Waals surface area contributed by atoms with Gasteiger partial charge in [-0.3, -0.25) is 0 Å². The van der Waals surface area contributed by atoms with Gasteiger partial charge in [0.05, 0.1) is 65.0 Å². The number of nitrogens with zero attached hydrogens (tertiary/aromatic N) is 6. The van der Waals surface area contributed by atoms with Gasteiger partial charge in [-0.05, 0) is 73.0 Å². The third-order valence-electron chi connectivity index (χ3n) is 11.4. The van der Waals surface area contributed by atoms with Crippen LogP contribution in [0, 0.1) is 25.2 Å².